The molecular formula is C17H15ClN4O2S. The second-order valence-electron chi connectivity index (χ2n) is 5.70. The van der Waals surface area contributed by atoms with E-state index in [1.807, 2.05) is 24.3 Å². The van der Waals surface area contributed by atoms with Gasteiger partial charge in [0.2, 0.25) is 0 Å². The molecule has 128 valence electrons. The van der Waals surface area contributed by atoms with Crippen LogP contribution in [0.3, 0.4) is 0 Å². The van der Waals surface area contributed by atoms with Crippen LogP contribution in [-0.2, 0) is 4.74 Å². The lowest BCUT2D eigenvalue weighted by Gasteiger charge is -2.34. The number of ether oxygens (including phenoxy) is 1. The number of amides is 1. The number of benzene rings is 1. The van der Waals surface area contributed by atoms with Crippen LogP contribution < -0.4 is 5.73 Å². The first-order valence-corrected chi connectivity index (χ1v) is 8.98. The van der Waals surface area contributed by atoms with Crippen molar-refractivity contribution in [3.8, 4) is 0 Å². The van der Waals surface area contributed by atoms with Gasteiger partial charge < -0.3 is 15.4 Å². The Morgan fingerprint density at radius 3 is 3.04 bits per heavy atom. The second kappa shape index (κ2) is 6.59. The fourth-order valence-electron chi connectivity index (χ4n) is 2.82. The summed E-state index contributed by atoms with van der Waals surface area (Å²) in [5, 5.41) is 1.14. The maximum absolute atomic E-state index is 13.0. The predicted molar refractivity (Wildman–Crippen MR) is 97.9 cm³/mol. The van der Waals surface area contributed by atoms with Crippen LogP contribution in [0.4, 0.5) is 5.82 Å². The van der Waals surface area contributed by atoms with Crippen LogP contribution in [-0.4, -0.2) is 40.5 Å². The predicted octanol–water partition coefficient (Wildman–Crippen LogP) is 3.14. The van der Waals surface area contributed by atoms with Crippen molar-refractivity contribution in [2.45, 2.75) is 6.04 Å². The number of pyridine rings is 1. The minimum atomic E-state index is -0.227. The molecule has 8 heteroatoms. The molecule has 3 aromatic rings. The average Bonchev–Trinajstić information content (AvgIpc) is 3.07. The van der Waals surface area contributed by atoms with E-state index in [1.54, 1.807) is 22.3 Å². The largest absolute Gasteiger partial charge is 0.382 e. The molecule has 6 nitrogen and oxygen atoms in total. The third-order valence-electron chi connectivity index (χ3n) is 4.10. The van der Waals surface area contributed by atoms with Crippen LogP contribution in [0.5, 0.6) is 0 Å². The number of halogens is 1. The number of carbonyl (C=O) groups excluding carboxylic acids is 1. The highest BCUT2D eigenvalue weighted by atomic mass is 35.5. The molecule has 0 bridgehead atoms. The van der Waals surface area contributed by atoms with Gasteiger partial charge in [0.15, 0.2) is 0 Å². The van der Waals surface area contributed by atoms with Crippen molar-refractivity contribution in [3.05, 3.63) is 52.1 Å². The molecule has 1 aliphatic rings. The number of fused-ring (bicyclic) bond motifs is 1. The molecule has 1 saturated heterocycles. The molecule has 2 aromatic heterocycles. The highest BCUT2D eigenvalue weighted by Gasteiger charge is 2.32. The number of rotatable bonds is 2. The summed E-state index contributed by atoms with van der Waals surface area (Å²) in [6.07, 6.45) is 1.45. The van der Waals surface area contributed by atoms with E-state index >= 15 is 0 Å². The number of morpholine rings is 1. The van der Waals surface area contributed by atoms with Crippen LogP contribution in [0.2, 0.25) is 5.02 Å². The van der Waals surface area contributed by atoms with Gasteiger partial charge in [0, 0.05) is 12.7 Å². The molecule has 1 aliphatic heterocycles. The fourth-order valence-corrected chi connectivity index (χ4v) is 4.05. The number of para-hydroxylation sites is 1. The molecule has 0 aliphatic carbocycles. The molecule has 4 rings (SSSR count). The zero-order chi connectivity index (χ0) is 17.4. The van der Waals surface area contributed by atoms with Gasteiger partial charge in [-0.1, -0.05) is 23.7 Å². The summed E-state index contributed by atoms with van der Waals surface area (Å²) in [6, 6.07) is 9.25. The van der Waals surface area contributed by atoms with E-state index in [4.69, 9.17) is 22.1 Å². The Morgan fingerprint density at radius 1 is 1.40 bits per heavy atom. The van der Waals surface area contributed by atoms with Crippen LogP contribution in [0.25, 0.3) is 10.2 Å². The van der Waals surface area contributed by atoms with Crippen molar-refractivity contribution in [1.82, 2.24) is 14.9 Å². The zero-order valence-electron chi connectivity index (χ0n) is 13.2. The number of hydrogen-bond acceptors (Lipinski definition) is 6. The Kier molecular flexibility index (Phi) is 4.29. The monoisotopic (exact) mass is 374 g/mol. The van der Waals surface area contributed by atoms with Crippen molar-refractivity contribution >= 4 is 44.9 Å². The Balaban J connectivity index is 1.68. The molecular weight excluding hydrogens is 360 g/mol. The minimum absolute atomic E-state index is 0.151. The summed E-state index contributed by atoms with van der Waals surface area (Å²) in [5.74, 6) is 0.0601. The topological polar surface area (TPSA) is 81.3 Å². The lowest BCUT2D eigenvalue weighted by molar-refractivity contribution is -0.00271. The lowest BCUT2D eigenvalue weighted by Crippen LogP contribution is -2.43. The molecule has 1 atom stereocenters. The molecule has 3 heterocycles. The van der Waals surface area contributed by atoms with E-state index in [0.29, 0.717) is 25.3 Å². The number of anilines is 1. The smallest absolute Gasteiger partial charge is 0.256 e. The standard InChI is InChI=1S/C17H15ClN4O2S/c18-11-7-10(8-20-15(11)19)17(23)22-5-6-24-9-13(22)16-21-12-3-1-2-4-14(12)25-16/h1-4,7-8,13H,5-6,9H2,(H2,19,20). The fraction of sp³-hybridized carbons (Fsp3) is 0.235. The van der Waals surface area contributed by atoms with Crippen LogP contribution in [0.15, 0.2) is 36.5 Å². The van der Waals surface area contributed by atoms with Gasteiger partial charge in [0.05, 0.1) is 34.0 Å². The van der Waals surface area contributed by atoms with E-state index in [-0.39, 0.29) is 22.8 Å². The third-order valence-corrected chi connectivity index (χ3v) is 5.54. The first-order valence-electron chi connectivity index (χ1n) is 7.78. The number of nitrogens with zero attached hydrogens (tertiary/aromatic N) is 3. The summed E-state index contributed by atoms with van der Waals surface area (Å²) >= 11 is 7.59. The summed E-state index contributed by atoms with van der Waals surface area (Å²) in [5.41, 5.74) is 6.97. The molecule has 25 heavy (non-hydrogen) atoms. The highest BCUT2D eigenvalue weighted by molar-refractivity contribution is 7.18. The van der Waals surface area contributed by atoms with Gasteiger partial charge in [-0.25, -0.2) is 9.97 Å². The number of nitrogen functional groups attached to an aromatic ring is 1. The quantitative estimate of drug-likeness (QED) is 0.745. The van der Waals surface area contributed by atoms with Gasteiger partial charge in [-0.3, -0.25) is 4.79 Å². The van der Waals surface area contributed by atoms with Crippen molar-refractivity contribution in [1.29, 1.82) is 0 Å². The first kappa shape index (κ1) is 16.3. The Morgan fingerprint density at radius 2 is 2.24 bits per heavy atom. The molecule has 0 saturated carbocycles. The SMILES string of the molecule is Nc1ncc(C(=O)N2CCOCC2c2nc3ccccc3s2)cc1Cl. The van der Waals surface area contributed by atoms with Crippen molar-refractivity contribution < 1.29 is 9.53 Å². The van der Waals surface area contributed by atoms with Crippen molar-refractivity contribution in [2.75, 3.05) is 25.5 Å². The van der Waals surface area contributed by atoms with Crippen LogP contribution >= 0.6 is 22.9 Å². The number of thiazole rings is 1. The maximum atomic E-state index is 13.0. The minimum Gasteiger partial charge on any atom is -0.382 e. The highest BCUT2D eigenvalue weighted by Crippen LogP contribution is 2.32. The maximum Gasteiger partial charge on any atom is 0.256 e. The normalized spacial score (nSPS) is 17.8. The Bertz CT molecular complexity index is 912. The van der Waals surface area contributed by atoms with Gasteiger partial charge >= 0.3 is 0 Å². The third kappa shape index (κ3) is 3.06. The van der Waals surface area contributed by atoms with Gasteiger partial charge in [-0.2, -0.15) is 0 Å². The van der Waals surface area contributed by atoms with Gasteiger partial charge in [0.25, 0.3) is 5.91 Å². The van der Waals surface area contributed by atoms with Crippen LogP contribution in [0.1, 0.15) is 21.4 Å². The molecule has 1 unspecified atom stereocenters. The number of hydrogen-bond donors (Lipinski definition) is 1. The molecule has 1 fully saturated rings. The van der Waals surface area contributed by atoms with E-state index in [9.17, 15) is 4.79 Å². The summed E-state index contributed by atoms with van der Waals surface area (Å²) < 4.78 is 6.69. The molecule has 1 aromatic carbocycles. The molecule has 0 spiro atoms. The molecule has 0 radical (unpaired) electrons. The number of aromatic nitrogens is 2. The molecule has 1 amide bonds. The van der Waals surface area contributed by atoms with Gasteiger partial charge in [-0.05, 0) is 18.2 Å². The zero-order valence-corrected chi connectivity index (χ0v) is 14.8. The van der Waals surface area contributed by atoms with Crippen molar-refractivity contribution in [3.63, 3.8) is 0 Å². The Hall–Kier alpha value is -2.22. The van der Waals surface area contributed by atoms with E-state index in [2.05, 4.69) is 9.97 Å². The van der Waals surface area contributed by atoms with E-state index in [0.717, 1.165) is 15.2 Å². The van der Waals surface area contributed by atoms with E-state index in [1.165, 1.54) is 6.20 Å². The van der Waals surface area contributed by atoms with Gasteiger partial charge in [-0.15, -0.1) is 11.3 Å². The summed E-state index contributed by atoms with van der Waals surface area (Å²) in [6.45, 7) is 1.40. The number of carbonyl (C=O) groups is 1. The van der Waals surface area contributed by atoms with E-state index < -0.39 is 0 Å². The molecule has 2 N–H and O–H groups in total. The van der Waals surface area contributed by atoms with Crippen molar-refractivity contribution in [2.24, 2.45) is 0 Å². The first-order chi connectivity index (χ1) is 12.1. The summed E-state index contributed by atoms with van der Waals surface area (Å²) in [4.78, 5) is 23.4. The second-order valence-corrected chi connectivity index (χ2v) is 7.17. The summed E-state index contributed by atoms with van der Waals surface area (Å²) in [7, 11) is 0. The van der Waals surface area contributed by atoms with Crippen LogP contribution in [0, 0.1) is 0 Å². The number of nitrogens with two attached hydrogens (primary N) is 1. The average molecular weight is 375 g/mol. The Labute approximate surface area is 153 Å². The van der Waals surface area contributed by atoms with Gasteiger partial charge in [0.1, 0.15) is 16.9 Å². The lowest BCUT2D eigenvalue weighted by atomic mass is 10.1.